The van der Waals surface area contributed by atoms with Crippen LogP contribution in [0.25, 0.3) is 11.0 Å². The van der Waals surface area contributed by atoms with E-state index in [9.17, 15) is 18.5 Å². The standard InChI is InChI=1S/C22H25N5O5S/c28-27(29)21-15-17(33(30,31)25-10-12-32-13-11-25)6-7-18(21)23-16-5-8-20-19(14-16)24-22-4-2-1-3-9-26(20)22/h5-8,14-15,23H,1-4,9-13H2. The Bertz CT molecular complexity index is 1310. The van der Waals surface area contributed by atoms with Crippen molar-refractivity contribution in [3.63, 3.8) is 0 Å². The number of aromatic nitrogens is 2. The van der Waals surface area contributed by atoms with Crippen LogP contribution in [0.5, 0.6) is 0 Å². The predicted octanol–water partition coefficient (Wildman–Crippen LogP) is 3.44. The van der Waals surface area contributed by atoms with Gasteiger partial charge in [0.05, 0.1) is 34.1 Å². The van der Waals surface area contributed by atoms with Gasteiger partial charge in [0.2, 0.25) is 10.0 Å². The van der Waals surface area contributed by atoms with Gasteiger partial charge < -0.3 is 14.6 Å². The van der Waals surface area contributed by atoms with Gasteiger partial charge in [-0.3, -0.25) is 10.1 Å². The summed E-state index contributed by atoms with van der Waals surface area (Å²) in [6.07, 6.45) is 4.40. The summed E-state index contributed by atoms with van der Waals surface area (Å²) in [5, 5.41) is 14.8. The van der Waals surface area contributed by atoms with Crippen molar-refractivity contribution in [2.75, 3.05) is 31.6 Å². The molecule has 1 N–H and O–H groups in total. The van der Waals surface area contributed by atoms with Crippen molar-refractivity contribution in [2.24, 2.45) is 0 Å². The van der Waals surface area contributed by atoms with E-state index in [1.165, 1.54) is 22.9 Å². The Morgan fingerprint density at radius 1 is 1.03 bits per heavy atom. The summed E-state index contributed by atoms with van der Waals surface area (Å²) in [5.41, 5.74) is 2.47. The SMILES string of the molecule is O=[N+]([O-])c1cc(S(=O)(=O)N2CCOCC2)ccc1Nc1ccc2c(c1)nc1n2CCCCC1. The first-order chi connectivity index (χ1) is 15.9. The molecule has 11 heteroatoms. The van der Waals surface area contributed by atoms with Crippen molar-refractivity contribution in [3.05, 3.63) is 52.3 Å². The van der Waals surface area contributed by atoms with Crippen molar-refractivity contribution >= 4 is 38.1 Å². The maximum atomic E-state index is 12.9. The normalized spacial score (nSPS) is 17.5. The molecule has 10 nitrogen and oxygen atoms in total. The van der Waals surface area contributed by atoms with Crippen LogP contribution in [-0.2, 0) is 27.7 Å². The number of aryl methyl sites for hydroxylation is 2. The molecule has 174 valence electrons. The second kappa shape index (κ2) is 8.73. The van der Waals surface area contributed by atoms with E-state index >= 15 is 0 Å². The average Bonchev–Trinajstić information content (AvgIpc) is 2.99. The molecule has 33 heavy (non-hydrogen) atoms. The molecule has 0 spiro atoms. The number of nitrogens with one attached hydrogen (secondary N) is 1. The van der Waals surface area contributed by atoms with Gasteiger partial charge in [-0.2, -0.15) is 4.31 Å². The minimum absolute atomic E-state index is 0.102. The first-order valence-electron chi connectivity index (χ1n) is 11.1. The van der Waals surface area contributed by atoms with E-state index in [0.29, 0.717) is 18.9 Å². The maximum absolute atomic E-state index is 12.9. The fourth-order valence-corrected chi connectivity index (χ4v) is 5.88. The zero-order valence-electron chi connectivity index (χ0n) is 18.1. The molecule has 3 aromatic rings. The third-order valence-electron chi connectivity index (χ3n) is 6.16. The number of nitrogens with zero attached hydrogens (tertiary/aromatic N) is 4. The number of benzene rings is 2. The third-order valence-corrected chi connectivity index (χ3v) is 8.06. The molecule has 0 radical (unpaired) electrons. The van der Waals surface area contributed by atoms with Crippen molar-refractivity contribution in [1.29, 1.82) is 0 Å². The maximum Gasteiger partial charge on any atom is 0.294 e. The Labute approximate surface area is 191 Å². The van der Waals surface area contributed by atoms with Crippen LogP contribution in [0.4, 0.5) is 17.1 Å². The van der Waals surface area contributed by atoms with E-state index in [-0.39, 0.29) is 29.4 Å². The number of sulfonamides is 1. The quantitative estimate of drug-likeness (QED) is 0.447. The first kappa shape index (κ1) is 21.8. The highest BCUT2D eigenvalue weighted by Gasteiger charge is 2.29. The lowest BCUT2D eigenvalue weighted by molar-refractivity contribution is -0.384. The lowest BCUT2D eigenvalue weighted by atomic mass is 10.2. The molecular weight excluding hydrogens is 446 g/mol. The van der Waals surface area contributed by atoms with Crippen molar-refractivity contribution in [3.8, 4) is 0 Å². The van der Waals surface area contributed by atoms with E-state index in [1.807, 2.05) is 18.2 Å². The molecule has 2 aliphatic rings. The Hall–Kier alpha value is -3.02. The van der Waals surface area contributed by atoms with Gasteiger partial charge in [-0.15, -0.1) is 0 Å². The molecule has 1 saturated heterocycles. The van der Waals surface area contributed by atoms with Gasteiger partial charge >= 0.3 is 0 Å². The highest BCUT2D eigenvalue weighted by Crippen LogP contribution is 2.33. The van der Waals surface area contributed by atoms with Crippen molar-refractivity contribution in [2.45, 2.75) is 37.1 Å². The summed E-state index contributed by atoms with van der Waals surface area (Å²) in [6.45, 7) is 2.01. The Balaban J connectivity index is 1.45. The minimum atomic E-state index is -3.83. The van der Waals surface area contributed by atoms with Gasteiger partial charge in [0.25, 0.3) is 5.69 Å². The van der Waals surface area contributed by atoms with Crippen LogP contribution in [0.15, 0.2) is 41.3 Å². The van der Waals surface area contributed by atoms with Gasteiger partial charge in [-0.05, 0) is 43.2 Å². The number of hydrogen-bond acceptors (Lipinski definition) is 7. The first-order valence-corrected chi connectivity index (χ1v) is 12.5. The molecule has 5 rings (SSSR count). The lowest BCUT2D eigenvalue weighted by Crippen LogP contribution is -2.40. The van der Waals surface area contributed by atoms with Crippen LogP contribution in [0.2, 0.25) is 0 Å². The van der Waals surface area contributed by atoms with Crippen LogP contribution in [0.1, 0.15) is 25.1 Å². The highest BCUT2D eigenvalue weighted by atomic mass is 32.2. The zero-order valence-corrected chi connectivity index (χ0v) is 18.9. The Kier molecular flexibility index (Phi) is 5.77. The van der Waals surface area contributed by atoms with E-state index in [4.69, 9.17) is 9.72 Å². The predicted molar refractivity (Wildman–Crippen MR) is 123 cm³/mol. The molecule has 1 fully saturated rings. The van der Waals surface area contributed by atoms with Crippen molar-refractivity contribution < 1.29 is 18.1 Å². The molecule has 0 unspecified atom stereocenters. The van der Waals surface area contributed by atoms with Crippen LogP contribution < -0.4 is 5.32 Å². The van der Waals surface area contributed by atoms with Crippen molar-refractivity contribution in [1.82, 2.24) is 13.9 Å². The largest absolute Gasteiger partial charge is 0.379 e. The van der Waals surface area contributed by atoms with E-state index in [0.717, 1.165) is 48.7 Å². The smallest absolute Gasteiger partial charge is 0.294 e. The summed E-state index contributed by atoms with van der Waals surface area (Å²) >= 11 is 0. The van der Waals surface area contributed by atoms with Crippen LogP contribution in [0.3, 0.4) is 0 Å². The van der Waals surface area contributed by atoms with Crippen LogP contribution >= 0.6 is 0 Å². The number of morpholine rings is 1. The molecule has 1 aromatic heterocycles. The molecule has 3 heterocycles. The third kappa shape index (κ3) is 4.19. The van der Waals surface area contributed by atoms with Gasteiger partial charge in [-0.25, -0.2) is 13.4 Å². The number of rotatable bonds is 5. The monoisotopic (exact) mass is 471 g/mol. The number of nitro groups is 1. The summed E-state index contributed by atoms with van der Waals surface area (Å²) in [5.74, 6) is 1.07. The molecule has 0 bridgehead atoms. The number of hydrogen-bond donors (Lipinski definition) is 1. The number of nitro benzene ring substituents is 1. The van der Waals surface area contributed by atoms with Gasteiger partial charge in [0.15, 0.2) is 0 Å². The summed E-state index contributed by atoms with van der Waals surface area (Å²) < 4.78 is 34.6. The fraction of sp³-hybridized carbons (Fsp3) is 0.409. The molecule has 0 amide bonds. The number of anilines is 2. The summed E-state index contributed by atoms with van der Waals surface area (Å²) in [7, 11) is -3.83. The molecule has 0 atom stereocenters. The zero-order chi connectivity index (χ0) is 23.0. The minimum Gasteiger partial charge on any atom is -0.379 e. The second-order valence-electron chi connectivity index (χ2n) is 8.27. The second-order valence-corrected chi connectivity index (χ2v) is 10.2. The summed E-state index contributed by atoms with van der Waals surface area (Å²) in [4.78, 5) is 15.9. The average molecular weight is 472 g/mol. The van der Waals surface area contributed by atoms with E-state index in [1.54, 1.807) is 0 Å². The highest BCUT2D eigenvalue weighted by molar-refractivity contribution is 7.89. The number of ether oxygens (including phenoxy) is 1. The van der Waals surface area contributed by atoms with Gasteiger partial charge in [0, 0.05) is 37.8 Å². The molecular formula is C22H25N5O5S. The Morgan fingerprint density at radius 2 is 1.85 bits per heavy atom. The number of imidazole rings is 1. The van der Waals surface area contributed by atoms with Gasteiger partial charge in [0.1, 0.15) is 11.5 Å². The van der Waals surface area contributed by atoms with Crippen LogP contribution in [-0.4, -0.2) is 53.5 Å². The van der Waals surface area contributed by atoms with Gasteiger partial charge in [-0.1, -0.05) is 6.42 Å². The fourth-order valence-electron chi connectivity index (χ4n) is 4.45. The molecule has 0 aliphatic carbocycles. The van der Waals surface area contributed by atoms with E-state index in [2.05, 4.69) is 9.88 Å². The topological polar surface area (TPSA) is 120 Å². The molecule has 2 aromatic carbocycles. The summed E-state index contributed by atoms with van der Waals surface area (Å²) in [6, 6.07) is 9.67. The number of fused-ring (bicyclic) bond motifs is 3. The lowest BCUT2D eigenvalue weighted by Gasteiger charge is -2.26. The van der Waals surface area contributed by atoms with Crippen LogP contribution in [0, 0.1) is 10.1 Å². The van der Waals surface area contributed by atoms with E-state index < -0.39 is 14.9 Å². The molecule has 0 saturated carbocycles. The Morgan fingerprint density at radius 3 is 2.64 bits per heavy atom. The molecule has 2 aliphatic heterocycles.